The molecule has 0 aliphatic rings. The maximum Gasteiger partial charge on any atom is 0.262 e. The monoisotopic (exact) mass is 474 g/mol. The first-order valence-corrected chi connectivity index (χ1v) is 10.5. The summed E-state index contributed by atoms with van der Waals surface area (Å²) in [7, 11) is -0.697. The van der Waals surface area contributed by atoms with Crippen molar-refractivity contribution in [1.82, 2.24) is 4.31 Å². The molecule has 0 fully saturated rings. The minimum atomic E-state index is -3.61. The van der Waals surface area contributed by atoms with Crippen molar-refractivity contribution in [2.75, 3.05) is 26.0 Å². The Kier molecular flexibility index (Phi) is 6.91. The molecule has 1 N–H and O–H groups in total. The average molecular weight is 476 g/mol. The second kappa shape index (κ2) is 8.60. The summed E-state index contributed by atoms with van der Waals surface area (Å²) >= 11 is 9.36. The number of nitrogens with one attached hydrogen (secondary N) is 1. The van der Waals surface area contributed by atoms with Crippen molar-refractivity contribution < 1.29 is 17.9 Å². The van der Waals surface area contributed by atoms with E-state index in [-0.39, 0.29) is 11.5 Å². The number of amides is 1. The summed E-state index contributed by atoms with van der Waals surface area (Å²) in [6.45, 7) is 3.34. The smallest absolute Gasteiger partial charge is 0.262 e. The molecule has 146 valence electrons. The zero-order valence-electron chi connectivity index (χ0n) is 15.3. The number of hydrogen-bond acceptors (Lipinski definition) is 4. The Morgan fingerprint density at radius 3 is 2.48 bits per heavy atom. The third-order valence-corrected chi connectivity index (χ3v) is 6.53. The molecule has 0 spiro atoms. The van der Waals surface area contributed by atoms with Crippen LogP contribution >= 0.6 is 27.5 Å². The van der Waals surface area contributed by atoms with Crippen LogP contribution in [0, 0.1) is 13.8 Å². The van der Waals surface area contributed by atoms with Gasteiger partial charge in [0.2, 0.25) is 10.0 Å². The number of carbonyl (C=O) groups excluding carboxylic acids is 1. The molecular weight excluding hydrogens is 456 g/mol. The lowest BCUT2D eigenvalue weighted by atomic mass is 10.1. The third kappa shape index (κ3) is 5.22. The fraction of sp³-hybridized carbons (Fsp3) is 0.278. The van der Waals surface area contributed by atoms with E-state index in [2.05, 4.69) is 21.2 Å². The van der Waals surface area contributed by atoms with Crippen molar-refractivity contribution in [3.63, 3.8) is 0 Å². The van der Waals surface area contributed by atoms with Gasteiger partial charge in [0.15, 0.2) is 6.61 Å². The van der Waals surface area contributed by atoms with Gasteiger partial charge in [-0.3, -0.25) is 4.79 Å². The van der Waals surface area contributed by atoms with Gasteiger partial charge < -0.3 is 10.1 Å². The van der Waals surface area contributed by atoms with E-state index in [0.29, 0.717) is 16.5 Å². The van der Waals surface area contributed by atoms with Crippen LogP contribution in [0.2, 0.25) is 5.02 Å². The lowest BCUT2D eigenvalue weighted by molar-refractivity contribution is -0.118. The van der Waals surface area contributed by atoms with Gasteiger partial charge in [0.05, 0.1) is 9.92 Å². The van der Waals surface area contributed by atoms with Gasteiger partial charge in [-0.05, 0) is 55.3 Å². The van der Waals surface area contributed by atoms with E-state index < -0.39 is 15.9 Å². The summed E-state index contributed by atoms with van der Waals surface area (Å²) in [5.41, 5.74) is 1.96. The van der Waals surface area contributed by atoms with Gasteiger partial charge in [-0.2, -0.15) is 0 Å². The Morgan fingerprint density at radius 2 is 1.89 bits per heavy atom. The predicted octanol–water partition coefficient (Wildman–Crippen LogP) is 3.99. The van der Waals surface area contributed by atoms with Crippen molar-refractivity contribution in [3.05, 3.63) is 51.0 Å². The largest absolute Gasteiger partial charge is 0.482 e. The fourth-order valence-electron chi connectivity index (χ4n) is 2.24. The fourth-order valence-corrected chi connectivity index (χ4v) is 3.98. The topological polar surface area (TPSA) is 75.7 Å². The van der Waals surface area contributed by atoms with Gasteiger partial charge in [-0.15, -0.1) is 0 Å². The first kappa shape index (κ1) is 21.7. The van der Waals surface area contributed by atoms with Crippen molar-refractivity contribution in [2.45, 2.75) is 18.7 Å². The second-order valence-electron chi connectivity index (χ2n) is 6.11. The standard InChI is InChI=1S/C18H20BrClN2O4S/c1-11-7-14(27(24,25)22(3)4)9-16(12(11)2)21-18(23)10-26-17-6-5-13(19)8-15(17)20/h5-9H,10H2,1-4H3,(H,21,23). The van der Waals surface area contributed by atoms with Gasteiger partial charge >= 0.3 is 0 Å². The number of ether oxygens (including phenoxy) is 1. The van der Waals surface area contributed by atoms with E-state index in [4.69, 9.17) is 16.3 Å². The lowest BCUT2D eigenvalue weighted by Crippen LogP contribution is -2.24. The number of benzene rings is 2. The molecule has 6 nitrogen and oxygen atoms in total. The number of aryl methyl sites for hydroxylation is 1. The third-order valence-electron chi connectivity index (χ3n) is 3.95. The van der Waals surface area contributed by atoms with Gasteiger partial charge in [0.1, 0.15) is 5.75 Å². The molecule has 0 radical (unpaired) electrons. The van der Waals surface area contributed by atoms with Crippen molar-refractivity contribution in [2.24, 2.45) is 0 Å². The summed E-state index contributed by atoms with van der Waals surface area (Å²) in [6, 6.07) is 8.10. The minimum Gasteiger partial charge on any atom is -0.482 e. The first-order valence-electron chi connectivity index (χ1n) is 7.94. The van der Waals surface area contributed by atoms with Crippen LogP contribution in [0.1, 0.15) is 11.1 Å². The molecule has 2 rings (SSSR count). The van der Waals surface area contributed by atoms with Crippen LogP contribution in [0.25, 0.3) is 0 Å². The maximum atomic E-state index is 12.4. The summed E-state index contributed by atoms with van der Waals surface area (Å²) in [5.74, 6) is -0.0391. The van der Waals surface area contributed by atoms with Crippen LogP contribution in [-0.4, -0.2) is 39.3 Å². The quantitative estimate of drug-likeness (QED) is 0.685. The highest BCUT2D eigenvalue weighted by Gasteiger charge is 2.20. The number of anilines is 1. The summed E-state index contributed by atoms with van der Waals surface area (Å²) in [5, 5.41) is 3.08. The van der Waals surface area contributed by atoms with E-state index in [9.17, 15) is 13.2 Å². The molecule has 0 aliphatic carbocycles. The number of nitrogens with zero attached hydrogens (tertiary/aromatic N) is 1. The van der Waals surface area contributed by atoms with Gasteiger partial charge in [0, 0.05) is 24.3 Å². The van der Waals surface area contributed by atoms with E-state index in [1.807, 2.05) is 6.92 Å². The number of carbonyl (C=O) groups is 1. The molecular formula is C18H20BrClN2O4S. The highest BCUT2D eigenvalue weighted by molar-refractivity contribution is 9.10. The highest BCUT2D eigenvalue weighted by atomic mass is 79.9. The van der Waals surface area contributed by atoms with Crippen LogP contribution in [-0.2, 0) is 14.8 Å². The van der Waals surface area contributed by atoms with Crippen molar-refractivity contribution in [1.29, 1.82) is 0 Å². The average Bonchev–Trinajstić information content (AvgIpc) is 2.57. The number of sulfonamides is 1. The van der Waals surface area contributed by atoms with E-state index >= 15 is 0 Å². The van der Waals surface area contributed by atoms with E-state index in [0.717, 1.165) is 19.9 Å². The molecule has 0 heterocycles. The molecule has 0 aromatic heterocycles. The SMILES string of the molecule is Cc1cc(S(=O)(=O)N(C)C)cc(NC(=O)COc2ccc(Br)cc2Cl)c1C. The van der Waals surface area contributed by atoms with Crippen LogP contribution in [0.4, 0.5) is 5.69 Å². The van der Waals surface area contributed by atoms with E-state index in [1.165, 1.54) is 20.2 Å². The van der Waals surface area contributed by atoms with Crippen LogP contribution < -0.4 is 10.1 Å². The molecule has 9 heteroatoms. The summed E-state index contributed by atoms with van der Waals surface area (Å²) in [4.78, 5) is 12.4. The van der Waals surface area contributed by atoms with Crippen molar-refractivity contribution in [3.8, 4) is 5.75 Å². The first-order chi connectivity index (χ1) is 12.5. The van der Waals surface area contributed by atoms with Gasteiger partial charge in [-0.25, -0.2) is 12.7 Å². The second-order valence-corrected chi connectivity index (χ2v) is 9.59. The normalized spacial score (nSPS) is 11.5. The molecule has 0 saturated carbocycles. The van der Waals surface area contributed by atoms with Crippen molar-refractivity contribution >= 4 is 49.1 Å². The highest BCUT2D eigenvalue weighted by Crippen LogP contribution is 2.28. The zero-order chi connectivity index (χ0) is 20.4. The Balaban J connectivity index is 2.18. The number of hydrogen-bond donors (Lipinski definition) is 1. The van der Waals surface area contributed by atoms with Crippen LogP contribution in [0.5, 0.6) is 5.75 Å². The van der Waals surface area contributed by atoms with E-state index in [1.54, 1.807) is 31.2 Å². The zero-order valence-corrected chi connectivity index (χ0v) is 18.5. The Hall–Kier alpha value is -1.61. The molecule has 1 amide bonds. The minimum absolute atomic E-state index is 0.114. The Labute approximate surface area is 172 Å². The number of rotatable bonds is 6. The Bertz CT molecular complexity index is 978. The van der Waals surface area contributed by atoms with Gasteiger partial charge in [0.25, 0.3) is 5.91 Å². The summed E-state index contributed by atoms with van der Waals surface area (Å²) < 4.78 is 32.1. The van der Waals surface area contributed by atoms with Gasteiger partial charge in [-0.1, -0.05) is 27.5 Å². The molecule has 0 atom stereocenters. The molecule has 0 aliphatic heterocycles. The molecule has 0 bridgehead atoms. The van der Waals surface area contributed by atoms with Crippen LogP contribution in [0.3, 0.4) is 0 Å². The molecule has 0 unspecified atom stereocenters. The molecule has 2 aromatic rings. The number of halogens is 2. The molecule has 0 saturated heterocycles. The maximum absolute atomic E-state index is 12.4. The molecule has 27 heavy (non-hydrogen) atoms. The predicted molar refractivity (Wildman–Crippen MR) is 110 cm³/mol. The molecule has 2 aromatic carbocycles. The summed E-state index contributed by atoms with van der Waals surface area (Å²) in [6.07, 6.45) is 0. The van der Waals surface area contributed by atoms with Crippen LogP contribution in [0.15, 0.2) is 39.7 Å². The Morgan fingerprint density at radius 1 is 1.22 bits per heavy atom. The lowest BCUT2D eigenvalue weighted by Gasteiger charge is -2.16.